The summed E-state index contributed by atoms with van der Waals surface area (Å²) in [7, 11) is 1.33. The van der Waals surface area contributed by atoms with E-state index in [-0.39, 0.29) is 6.61 Å². The molecule has 0 aromatic heterocycles. The van der Waals surface area contributed by atoms with Crippen LogP contribution in [0.25, 0.3) is 0 Å². The van der Waals surface area contributed by atoms with Crippen molar-refractivity contribution >= 4 is 0 Å². The number of rotatable bonds is 3. The molecule has 6 nitrogen and oxygen atoms in total. The fraction of sp³-hybridized carbons (Fsp3) is 1.00. The predicted octanol–water partition coefficient (Wildman–Crippen LogP) is -2.57. The third-order valence-electron chi connectivity index (χ3n) is 2.05. The van der Waals surface area contributed by atoms with Crippen LogP contribution in [-0.2, 0) is 9.47 Å². The molecule has 1 aliphatic rings. The van der Waals surface area contributed by atoms with Crippen LogP contribution in [0, 0.1) is 0 Å². The number of ether oxygens (including phenoxy) is 2. The lowest BCUT2D eigenvalue weighted by Crippen LogP contribution is -2.46. The van der Waals surface area contributed by atoms with E-state index in [4.69, 9.17) is 9.84 Å². The minimum Gasteiger partial charge on any atom is -0.394 e. The van der Waals surface area contributed by atoms with Crippen molar-refractivity contribution in [3.05, 3.63) is 0 Å². The molecule has 0 amide bonds. The Bertz CT molecular complexity index is 174. The SMILES string of the molecule is COC[C@@]1(O)O[C@H](CO)[C@@H](O)[C@@H]1O. The zero-order chi connectivity index (χ0) is 10.1. The molecule has 13 heavy (non-hydrogen) atoms. The van der Waals surface area contributed by atoms with Gasteiger partial charge in [0.05, 0.1) is 6.61 Å². The van der Waals surface area contributed by atoms with Gasteiger partial charge >= 0.3 is 0 Å². The van der Waals surface area contributed by atoms with Gasteiger partial charge in [-0.05, 0) is 0 Å². The normalized spacial score (nSPS) is 45.5. The van der Waals surface area contributed by atoms with E-state index < -0.39 is 30.7 Å². The van der Waals surface area contributed by atoms with Gasteiger partial charge < -0.3 is 29.9 Å². The van der Waals surface area contributed by atoms with Gasteiger partial charge in [-0.1, -0.05) is 0 Å². The molecular formula is C7H14O6. The fourth-order valence-electron chi connectivity index (χ4n) is 1.34. The Hall–Kier alpha value is -0.240. The summed E-state index contributed by atoms with van der Waals surface area (Å²) < 4.78 is 9.46. The van der Waals surface area contributed by atoms with Crippen LogP contribution in [0.15, 0.2) is 0 Å². The predicted molar refractivity (Wildman–Crippen MR) is 40.8 cm³/mol. The molecule has 1 aliphatic heterocycles. The van der Waals surface area contributed by atoms with Crippen molar-refractivity contribution in [1.29, 1.82) is 0 Å². The minimum absolute atomic E-state index is 0.262. The van der Waals surface area contributed by atoms with Crippen molar-refractivity contribution in [2.45, 2.75) is 24.1 Å². The van der Waals surface area contributed by atoms with E-state index in [0.29, 0.717) is 0 Å². The molecule has 1 heterocycles. The van der Waals surface area contributed by atoms with Crippen molar-refractivity contribution in [2.75, 3.05) is 20.3 Å². The molecule has 0 aromatic rings. The molecule has 1 fully saturated rings. The topological polar surface area (TPSA) is 99.4 Å². The maximum absolute atomic E-state index is 9.56. The van der Waals surface area contributed by atoms with Gasteiger partial charge in [-0.3, -0.25) is 0 Å². The first-order valence-electron chi connectivity index (χ1n) is 3.91. The van der Waals surface area contributed by atoms with Crippen molar-refractivity contribution in [2.24, 2.45) is 0 Å². The second-order valence-electron chi connectivity index (χ2n) is 3.05. The summed E-state index contributed by atoms with van der Waals surface area (Å²) in [6, 6.07) is 0. The average Bonchev–Trinajstić information content (AvgIpc) is 2.31. The third kappa shape index (κ3) is 1.83. The molecule has 1 saturated heterocycles. The molecule has 0 spiro atoms. The van der Waals surface area contributed by atoms with E-state index in [1.54, 1.807) is 0 Å². The first-order valence-corrected chi connectivity index (χ1v) is 3.91. The molecular weight excluding hydrogens is 180 g/mol. The fourth-order valence-corrected chi connectivity index (χ4v) is 1.34. The Labute approximate surface area is 75.3 Å². The van der Waals surface area contributed by atoms with E-state index in [1.165, 1.54) is 7.11 Å². The van der Waals surface area contributed by atoms with Gasteiger partial charge in [0.25, 0.3) is 0 Å². The maximum Gasteiger partial charge on any atom is 0.219 e. The second-order valence-corrected chi connectivity index (χ2v) is 3.05. The summed E-state index contributed by atoms with van der Waals surface area (Å²) in [5.74, 6) is -1.93. The average molecular weight is 194 g/mol. The van der Waals surface area contributed by atoms with Gasteiger partial charge in [0.2, 0.25) is 5.79 Å². The van der Waals surface area contributed by atoms with Gasteiger partial charge in [-0.15, -0.1) is 0 Å². The van der Waals surface area contributed by atoms with E-state index >= 15 is 0 Å². The smallest absolute Gasteiger partial charge is 0.219 e. The molecule has 0 aliphatic carbocycles. The number of aliphatic hydroxyl groups is 4. The first kappa shape index (κ1) is 10.8. The number of hydrogen-bond acceptors (Lipinski definition) is 6. The Morgan fingerprint density at radius 1 is 1.46 bits per heavy atom. The van der Waals surface area contributed by atoms with E-state index in [9.17, 15) is 15.3 Å². The zero-order valence-corrected chi connectivity index (χ0v) is 7.25. The first-order chi connectivity index (χ1) is 6.05. The number of hydrogen-bond donors (Lipinski definition) is 4. The lowest BCUT2D eigenvalue weighted by molar-refractivity contribution is -0.251. The summed E-state index contributed by atoms with van der Waals surface area (Å²) in [6.07, 6.45) is -3.75. The van der Waals surface area contributed by atoms with E-state index in [2.05, 4.69) is 4.74 Å². The van der Waals surface area contributed by atoms with Gasteiger partial charge in [-0.2, -0.15) is 0 Å². The van der Waals surface area contributed by atoms with Crippen LogP contribution in [0.3, 0.4) is 0 Å². The Balaban J connectivity index is 2.69. The molecule has 78 valence electrons. The summed E-state index contributed by atoms with van der Waals surface area (Å²) in [6.45, 7) is -0.730. The molecule has 0 radical (unpaired) electrons. The highest BCUT2D eigenvalue weighted by molar-refractivity contribution is 4.95. The summed E-state index contributed by atoms with van der Waals surface area (Å²) in [4.78, 5) is 0. The van der Waals surface area contributed by atoms with Gasteiger partial charge in [0.1, 0.15) is 24.9 Å². The largest absolute Gasteiger partial charge is 0.394 e. The van der Waals surface area contributed by atoms with Crippen molar-refractivity contribution in [3.63, 3.8) is 0 Å². The van der Waals surface area contributed by atoms with Crippen molar-refractivity contribution < 1.29 is 29.9 Å². The van der Waals surface area contributed by atoms with Crippen molar-refractivity contribution in [3.8, 4) is 0 Å². The summed E-state index contributed by atoms with van der Waals surface area (Å²) in [5.41, 5.74) is 0. The maximum atomic E-state index is 9.56. The van der Waals surface area contributed by atoms with Crippen LogP contribution < -0.4 is 0 Å². The molecule has 0 saturated carbocycles. The van der Waals surface area contributed by atoms with E-state index in [0.717, 1.165) is 0 Å². The molecule has 1 rings (SSSR count). The highest BCUT2D eigenvalue weighted by Gasteiger charge is 2.53. The van der Waals surface area contributed by atoms with Crippen LogP contribution in [0.1, 0.15) is 0 Å². The van der Waals surface area contributed by atoms with Gasteiger partial charge in [0, 0.05) is 7.11 Å². The monoisotopic (exact) mass is 194 g/mol. The van der Waals surface area contributed by atoms with Gasteiger partial charge in [-0.25, -0.2) is 0 Å². The lowest BCUT2D eigenvalue weighted by Gasteiger charge is -2.24. The van der Waals surface area contributed by atoms with E-state index in [1.807, 2.05) is 0 Å². The number of methoxy groups -OCH3 is 1. The lowest BCUT2D eigenvalue weighted by atomic mass is 10.1. The Kier molecular flexibility index (Phi) is 3.23. The van der Waals surface area contributed by atoms with Crippen LogP contribution in [0.5, 0.6) is 0 Å². The Morgan fingerprint density at radius 3 is 2.46 bits per heavy atom. The van der Waals surface area contributed by atoms with Crippen LogP contribution in [-0.4, -0.2) is 64.8 Å². The highest BCUT2D eigenvalue weighted by Crippen LogP contribution is 2.29. The van der Waals surface area contributed by atoms with Crippen LogP contribution in [0.4, 0.5) is 0 Å². The molecule has 4 atom stereocenters. The second kappa shape index (κ2) is 3.87. The Morgan fingerprint density at radius 2 is 2.08 bits per heavy atom. The summed E-state index contributed by atoms with van der Waals surface area (Å²) in [5, 5.41) is 36.9. The summed E-state index contributed by atoms with van der Waals surface area (Å²) >= 11 is 0. The van der Waals surface area contributed by atoms with Crippen LogP contribution >= 0.6 is 0 Å². The molecule has 0 aromatic carbocycles. The van der Waals surface area contributed by atoms with Gasteiger partial charge in [0.15, 0.2) is 0 Å². The molecule has 0 bridgehead atoms. The molecule has 4 N–H and O–H groups in total. The van der Waals surface area contributed by atoms with Crippen molar-refractivity contribution in [1.82, 2.24) is 0 Å². The number of aliphatic hydroxyl groups excluding tert-OH is 3. The quantitative estimate of drug-likeness (QED) is 0.394. The zero-order valence-electron chi connectivity index (χ0n) is 7.25. The van der Waals surface area contributed by atoms with Crippen LogP contribution in [0.2, 0.25) is 0 Å². The third-order valence-corrected chi connectivity index (χ3v) is 2.05. The molecule has 0 unspecified atom stereocenters. The minimum atomic E-state index is -1.93. The molecule has 6 heteroatoms. The highest BCUT2D eigenvalue weighted by atomic mass is 16.7. The standard InChI is InChI=1S/C7H14O6/c1-12-3-7(11)6(10)5(9)4(2-8)13-7/h4-6,8-11H,2-3H2,1H3/t4-,5-,6+,7-/m1/s1.